The van der Waals surface area contributed by atoms with Gasteiger partial charge in [0.15, 0.2) is 0 Å². The summed E-state index contributed by atoms with van der Waals surface area (Å²) in [7, 11) is 2.34. The lowest BCUT2D eigenvalue weighted by Gasteiger charge is -2.36. The number of hydrogen-bond donors (Lipinski definition) is 4. The van der Waals surface area contributed by atoms with Crippen LogP contribution in [0, 0.1) is 27.7 Å². The maximum absolute atomic E-state index is 12.9. The summed E-state index contributed by atoms with van der Waals surface area (Å²) in [6, 6.07) is 11.9. The van der Waals surface area contributed by atoms with Crippen LogP contribution in [-0.4, -0.2) is 77.5 Å². The highest BCUT2D eigenvalue weighted by Crippen LogP contribution is 2.56. The number of hydrogen-bond acceptors (Lipinski definition) is 14. The van der Waals surface area contributed by atoms with Crippen LogP contribution >= 0.6 is 11.8 Å². The maximum atomic E-state index is 12.9. The van der Waals surface area contributed by atoms with E-state index in [4.69, 9.17) is 34.9 Å². The molecule has 4 N–H and O–H groups in total. The molecule has 59 heavy (non-hydrogen) atoms. The number of thioether (sulfide) groups is 1. The number of imidazole rings is 2. The summed E-state index contributed by atoms with van der Waals surface area (Å²) >= 11 is 1.99. The number of fused-ring (bicyclic) bond motifs is 2. The van der Waals surface area contributed by atoms with E-state index >= 15 is 0 Å². The lowest BCUT2D eigenvalue weighted by Crippen LogP contribution is -2.39. The molecule has 10 rings (SSSR count). The van der Waals surface area contributed by atoms with Crippen LogP contribution in [-0.2, 0) is 23.6 Å². The van der Waals surface area contributed by atoms with Gasteiger partial charge in [-0.05, 0) is 77.6 Å². The lowest BCUT2D eigenvalue weighted by molar-refractivity contribution is -0.176. The molecule has 15 nitrogen and oxygen atoms in total. The summed E-state index contributed by atoms with van der Waals surface area (Å²) in [4.78, 5) is 29.5. The van der Waals surface area contributed by atoms with Crippen molar-refractivity contribution < 1.29 is 24.2 Å². The summed E-state index contributed by atoms with van der Waals surface area (Å²) < 4.78 is 28.3. The molecule has 2 aliphatic heterocycles. The number of anilines is 4. The standard InChI is InChI=1S/C21H23N5O2S.C21H23N5OS.H2O2/c1-13-11-26(12-22-13)17-6-5-15(9-18(17)28-3)24-20-23-14(2)19-16(25-20)10-21(29(19)27)7-4-8-21;1-13-11-26(12-22-13)17-6-5-15(9-18(17)27-3)24-20-23-14(2)19-16(25-20)10-21(28-19)7-4-8-21;1-2/h5-6,9,11-12H,4,7-8,10H2,1-3H3,(H,23,24,25);5-6,9,11-12H,4,7-8,10H2,1-3H3,(H,23,24,25);1-2H. The first-order valence-electron chi connectivity index (χ1n) is 19.5. The van der Waals surface area contributed by atoms with E-state index in [0.717, 1.165) is 99.7 Å². The first-order chi connectivity index (χ1) is 28.5. The van der Waals surface area contributed by atoms with Gasteiger partial charge in [0.1, 0.15) is 11.5 Å². The number of nitrogens with zero attached hydrogens (tertiary/aromatic N) is 8. The number of rotatable bonds is 8. The van der Waals surface area contributed by atoms with Gasteiger partial charge in [0.2, 0.25) is 11.9 Å². The Balaban J connectivity index is 0.000000158. The highest BCUT2D eigenvalue weighted by Gasteiger charge is 2.50. The van der Waals surface area contributed by atoms with Gasteiger partial charge in [0.05, 0.1) is 97.8 Å². The predicted molar refractivity (Wildman–Crippen MR) is 228 cm³/mol. The van der Waals surface area contributed by atoms with E-state index in [1.54, 1.807) is 26.9 Å². The molecular weight excluding hydrogens is 789 g/mol. The Morgan fingerprint density at radius 1 is 0.712 bits per heavy atom. The highest BCUT2D eigenvalue weighted by atomic mass is 32.2. The summed E-state index contributed by atoms with van der Waals surface area (Å²) in [6.45, 7) is 7.93. The molecule has 6 aromatic rings. The Morgan fingerprint density at radius 2 is 1.24 bits per heavy atom. The van der Waals surface area contributed by atoms with E-state index in [1.807, 2.05) is 90.5 Å². The Kier molecular flexibility index (Phi) is 11.2. The van der Waals surface area contributed by atoms with E-state index in [0.29, 0.717) is 16.6 Å². The fourth-order valence-electron chi connectivity index (χ4n) is 8.20. The molecule has 0 bridgehead atoms. The molecule has 2 aliphatic carbocycles. The average molecular weight is 837 g/mol. The molecule has 2 spiro atoms. The zero-order valence-electron chi connectivity index (χ0n) is 33.9. The van der Waals surface area contributed by atoms with Crippen molar-refractivity contribution >= 4 is 45.8 Å². The second kappa shape index (κ2) is 16.4. The summed E-state index contributed by atoms with van der Waals surface area (Å²) in [5.41, 5.74) is 9.49. The molecule has 2 fully saturated rings. The molecule has 6 heterocycles. The first kappa shape index (κ1) is 40.4. The van der Waals surface area contributed by atoms with E-state index in [9.17, 15) is 4.21 Å². The minimum absolute atomic E-state index is 0.0891. The number of benzene rings is 2. The molecule has 17 heteroatoms. The van der Waals surface area contributed by atoms with Crippen LogP contribution in [0.2, 0.25) is 0 Å². The quantitative estimate of drug-likeness (QED) is 0.0848. The van der Waals surface area contributed by atoms with Gasteiger partial charge in [-0.25, -0.2) is 29.9 Å². The van der Waals surface area contributed by atoms with Crippen LogP contribution in [0.25, 0.3) is 11.4 Å². The summed E-state index contributed by atoms with van der Waals surface area (Å²) in [5.74, 6) is 2.67. The van der Waals surface area contributed by atoms with Crippen molar-refractivity contribution in [1.82, 2.24) is 39.0 Å². The van der Waals surface area contributed by atoms with E-state index in [-0.39, 0.29) is 4.75 Å². The Morgan fingerprint density at radius 3 is 1.69 bits per heavy atom. The molecule has 1 unspecified atom stereocenters. The first-order valence-corrected chi connectivity index (χ1v) is 21.5. The molecule has 2 saturated carbocycles. The molecular formula is C42H48N10O5S2. The zero-order valence-corrected chi connectivity index (χ0v) is 35.6. The molecule has 308 valence electrons. The van der Waals surface area contributed by atoms with Gasteiger partial charge in [-0.1, -0.05) is 12.8 Å². The normalized spacial score (nSPS) is 17.4. The third-order valence-corrected chi connectivity index (χ3v) is 15.4. The van der Waals surface area contributed by atoms with E-state index in [1.165, 1.54) is 29.9 Å². The van der Waals surface area contributed by atoms with Gasteiger partial charge in [-0.2, -0.15) is 0 Å². The van der Waals surface area contributed by atoms with Gasteiger partial charge < -0.3 is 29.2 Å². The topological polar surface area (TPSA) is 187 Å². The van der Waals surface area contributed by atoms with Crippen LogP contribution in [0.15, 0.2) is 71.2 Å². The zero-order chi connectivity index (χ0) is 41.5. The van der Waals surface area contributed by atoms with Crippen LogP contribution < -0.4 is 20.1 Å². The fraction of sp³-hybridized carbons (Fsp3) is 0.381. The van der Waals surface area contributed by atoms with Crippen LogP contribution in [0.4, 0.5) is 23.3 Å². The van der Waals surface area contributed by atoms with Crippen molar-refractivity contribution in [2.45, 2.75) is 98.3 Å². The second-order valence-corrected chi connectivity index (χ2v) is 18.8. The van der Waals surface area contributed by atoms with Crippen molar-refractivity contribution in [2.24, 2.45) is 0 Å². The monoisotopic (exact) mass is 836 g/mol. The number of methoxy groups -OCH3 is 2. The summed E-state index contributed by atoms with van der Waals surface area (Å²) in [6.07, 6.45) is 16.5. The molecule has 0 radical (unpaired) electrons. The van der Waals surface area contributed by atoms with Gasteiger partial charge in [-0.15, -0.1) is 11.8 Å². The molecule has 1 atom stereocenters. The smallest absolute Gasteiger partial charge is 0.227 e. The molecule has 0 amide bonds. The van der Waals surface area contributed by atoms with E-state index < -0.39 is 10.8 Å². The second-order valence-electron chi connectivity index (χ2n) is 15.5. The fourth-order valence-corrected chi connectivity index (χ4v) is 11.8. The minimum Gasteiger partial charge on any atom is -0.494 e. The van der Waals surface area contributed by atoms with Gasteiger partial charge in [0.25, 0.3) is 0 Å². The lowest BCUT2D eigenvalue weighted by atomic mass is 9.81. The Bertz CT molecular complexity index is 2550. The molecule has 4 aromatic heterocycles. The highest BCUT2D eigenvalue weighted by molar-refractivity contribution is 8.01. The Hall–Kier alpha value is -5.36. The van der Waals surface area contributed by atoms with Gasteiger partial charge in [-0.3, -0.25) is 14.7 Å². The summed E-state index contributed by atoms with van der Waals surface area (Å²) in [5, 5.41) is 18.6. The van der Waals surface area contributed by atoms with Crippen molar-refractivity contribution in [1.29, 1.82) is 0 Å². The average Bonchev–Trinajstić information content (AvgIpc) is 4.00. The largest absolute Gasteiger partial charge is 0.494 e. The number of nitrogens with one attached hydrogen (secondary N) is 2. The minimum atomic E-state index is -0.990. The van der Waals surface area contributed by atoms with Crippen molar-refractivity contribution in [3.63, 3.8) is 0 Å². The van der Waals surface area contributed by atoms with Crippen molar-refractivity contribution in [3.05, 3.63) is 95.6 Å². The predicted octanol–water partition coefficient (Wildman–Crippen LogP) is 8.24. The number of aromatic nitrogens is 8. The van der Waals surface area contributed by atoms with Crippen LogP contribution in [0.3, 0.4) is 0 Å². The molecule has 0 saturated heterocycles. The van der Waals surface area contributed by atoms with Crippen LogP contribution in [0.1, 0.15) is 72.7 Å². The van der Waals surface area contributed by atoms with E-state index in [2.05, 4.69) is 32.5 Å². The third-order valence-electron chi connectivity index (χ3n) is 11.5. The number of ether oxygens (including phenoxy) is 2. The Labute approximate surface area is 349 Å². The van der Waals surface area contributed by atoms with Gasteiger partial charge >= 0.3 is 0 Å². The molecule has 4 aliphatic rings. The third kappa shape index (κ3) is 7.79. The van der Waals surface area contributed by atoms with Crippen molar-refractivity contribution in [2.75, 3.05) is 24.9 Å². The molecule has 2 aromatic carbocycles. The number of aryl methyl sites for hydroxylation is 4. The van der Waals surface area contributed by atoms with Gasteiger partial charge in [0, 0.05) is 53.5 Å². The SMILES string of the molecule is COc1cc(Nc2nc(C)c3c(n2)CC2(CCC2)S3)ccc1-n1cnc(C)c1.COc1cc(Nc2nc(C)c3c(n2)CC2(CCC2)S3=O)ccc1-n1cnc(C)c1.OO. The van der Waals surface area contributed by atoms with Crippen LogP contribution in [0.5, 0.6) is 11.5 Å². The van der Waals surface area contributed by atoms with Crippen molar-refractivity contribution in [3.8, 4) is 22.9 Å². The maximum Gasteiger partial charge on any atom is 0.227 e.